The molecule has 1 aromatic carbocycles. The molecule has 2 heterocycles. The van der Waals surface area contributed by atoms with E-state index in [2.05, 4.69) is 10.1 Å². The van der Waals surface area contributed by atoms with Gasteiger partial charge in [0.05, 0.1) is 5.69 Å². The Morgan fingerprint density at radius 2 is 1.67 bits per heavy atom. The first-order chi connectivity index (χ1) is 10.1. The number of alkyl halides is 2. The Balaban J connectivity index is 2.17. The van der Waals surface area contributed by atoms with Gasteiger partial charge in [-0.1, -0.05) is 39.6 Å². The van der Waals surface area contributed by atoms with Crippen LogP contribution in [-0.4, -0.2) is 14.8 Å². The van der Waals surface area contributed by atoms with E-state index in [1.807, 2.05) is 18.2 Å². The number of rotatable bonds is 3. The minimum Gasteiger partial charge on any atom is -0.265 e. The molecule has 0 amide bonds. The molecule has 2 aromatic heterocycles. The van der Waals surface area contributed by atoms with E-state index in [1.165, 1.54) is 4.68 Å². The van der Waals surface area contributed by atoms with Gasteiger partial charge in [0, 0.05) is 24.2 Å². The van der Waals surface area contributed by atoms with Crippen LogP contribution in [0.15, 0.2) is 61.1 Å². The number of aromatic nitrogens is 3. The van der Waals surface area contributed by atoms with Gasteiger partial charge in [-0.15, -0.1) is 0 Å². The predicted octanol–water partition coefficient (Wildman–Crippen LogP) is 3.86. The molecule has 0 saturated heterocycles. The van der Waals surface area contributed by atoms with Crippen LogP contribution in [0.5, 0.6) is 0 Å². The van der Waals surface area contributed by atoms with Crippen molar-refractivity contribution >= 4 is 9.24 Å². The number of pyridine rings is 1. The average molecular weight is 303 g/mol. The number of halogens is 2. The van der Waals surface area contributed by atoms with Crippen LogP contribution in [0, 0.1) is 0 Å². The zero-order chi connectivity index (χ0) is 14.9. The summed E-state index contributed by atoms with van der Waals surface area (Å²) in [5.74, 6) is 0. The molecule has 21 heavy (non-hydrogen) atoms. The van der Waals surface area contributed by atoms with Crippen molar-refractivity contribution < 1.29 is 8.78 Å². The molecule has 106 valence electrons. The van der Waals surface area contributed by atoms with E-state index >= 15 is 0 Å². The van der Waals surface area contributed by atoms with Gasteiger partial charge < -0.3 is 0 Å². The second-order valence-corrected chi connectivity index (χ2v) is 5.26. The first-order valence-electron chi connectivity index (χ1n) is 6.28. The highest BCUT2D eigenvalue weighted by atomic mass is 31.0. The molecule has 0 fully saturated rings. The number of hydrogen-bond donors (Lipinski definition) is 0. The SMILES string of the molecule is FC(F)(P)c1nn(-c2ccncc2)cc1-c1ccccc1. The van der Waals surface area contributed by atoms with Crippen molar-refractivity contribution in [2.75, 3.05) is 0 Å². The molecule has 3 nitrogen and oxygen atoms in total. The van der Waals surface area contributed by atoms with E-state index in [1.54, 1.807) is 52.1 Å². The Bertz CT molecular complexity index is 737. The Labute approximate surface area is 122 Å². The third-order valence-corrected chi connectivity index (χ3v) is 3.32. The number of hydrogen-bond acceptors (Lipinski definition) is 2. The fourth-order valence-electron chi connectivity index (χ4n) is 2.08. The van der Waals surface area contributed by atoms with Crippen LogP contribution in [0.4, 0.5) is 8.78 Å². The highest BCUT2D eigenvalue weighted by molar-refractivity contribution is 7.17. The van der Waals surface area contributed by atoms with Crippen molar-refractivity contribution in [1.82, 2.24) is 14.8 Å². The van der Waals surface area contributed by atoms with Gasteiger partial charge >= 0.3 is 5.66 Å². The second-order valence-electron chi connectivity index (χ2n) is 4.53. The van der Waals surface area contributed by atoms with Gasteiger partial charge in [-0.05, 0) is 17.7 Å². The van der Waals surface area contributed by atoms with Crippen LogP contribution < -0.4 is 0 Å². The van der Waals surface area contributed by atoms with Gasteiger partial charge in [-0.3, -0.25) is 4.98 Å². The summed E-state index contributed by atoms with van der Waals surface area (Å²) < 4.78 is 29.1. The predicted molar refractivity (Wildman–Crippen MR) is 80.4 cm³/mol. The van der Waals surface area contributed by atoms with Crippen molar-refractivity contribution in [3.05, 3.63) is 66.7 Å². The molecule has 0 aliphatic rings. The minimum atomic E-state index is -3.09. The lowest BCUT2D eigenvalue weighted by Crippen LogP contribution is -2.06. The smallest absolute Gasteiger partial charge is 0.265 e. The largest absolute Gasteiger partial charge is 0.302 e. The van der Waals surface area contributed by atoms with Crippen LogP contribution in [0.25, 0.3) is 16.8 Å². The fourth-order valence-corrected chi connectivity index (χ4v) is 2.29. The average Bonchev–Trinajstić information content (AvgIpc) is 2.94. The third kappa shape index (κ3) is 2.83. The van der Waals surface area contributed by atoms with E-state index in [0.717, 1.165) is 0 Å². The molecule has 1 atom stereocenters. The van der Waals surface area contributed by atoms with E-state index < -0.39 is 5.66 Å². The normalized spacial score (nSPS) is 11.6. The zero-order valence-electron chi connectivity index (χ0n) is 10.9. The quantitative estimate of drug-likeness (QED) is 0.688. The van der Waals surface area contributed by atoms with Crippen molar-refractivity contribution in [3.8, 4) is 16.8 Å². The van der Waals surface area contributed by atoms with Crippen LogP contribution in [-0.2, 0) is 5.66 Å². The highest BCUT2D eigenvalue weighted by Crippen LogP contribution is 2.40. The number of benzene rings is 1. The monoisotopic (exact) mass is 303 g/mol. The van der Waals surface area contributed by atoms with Crippen LogP contribution in [0.1, 0.15) is 5.69 Å². The lowest BCUT2D eigenvalue weighted by Gasteiger charge is -2.09. The molecule has 3 aromatic rings. The van der Waals surface area contributed by atoms with Gasteiger partial charge in [0.1, 0.15) is 5.69 Å². The van der Waals surface area contributed by atoms with E-state index in [0.29, 0.717) is 16.8 Å². The van der Waals surface area contributed by atoms with Crippen molar-refractivity contribution in [2.45, 2.75) is 5.66 Å². The molecular weight excluding hydrogens is 291 g/mol. The summed E-state index contributed by atoms with van der Waals surface area (Å²) in [5, 5.41) is 4.05. The van der Waals surface area contributed by atoms with Crippen molar-refractivity contribution in [1.29, 1.82) is 0 Å². The van der Waals surface area contributed by atoms with Gasteiger partial charge in [0.25, 0.3) is 0 Å². The maximum absolute atomic E-state index is 13.8. The molecule has 6 heteroatoms. The summed E-state index contributed by atoms with van der Waals surface area (Å²) >= 11 is 0. The topological polar surface area (TPSA) is 30.7 Å². The van der Waals surface area contributed by atoms with Crippen molar-refractivity contribution in [2.24, 2.45) is 0 Å². The van der Waals surface area contributed by atoms with Crippen LogP contribution in [0.3, 0.4) is 0 Å². The zero-order valence-corrected chi connectivity index (χ0v) is 12.1. The van der Waals surface area contributed by atoms with Gasteiger partial charge in [0.2, 0.25) is 0 Å². The van der Waals surface area contributed by atoms with Gasteiger partial charge in [-0.25, -0.2) is 4.68 Å². The van der Waals surface area contributed by atoms with E-state index in [4.69, 9.17) is 0 Å². The van der Waals surface area contributed by atoms with Crippen molar-refractivity contribution in [3.63, 3.8) is 0 Å². The van der Waals surface area contributed by atoms with Gasteiger partial charge in [0.15, 0.2) is 0 Å². The van der Waals surface area contributed by atoms with Crippen LogP contribution >= 0.6 is 9.24 Å². The molecular formula is C15H12F2N3P. The third-order valence-electron chi connectivity index (χ3n) is 3.04. The maximum atomic E-state index is 13.8. The first-order valence-corrected chi connectivity index (χ1v) is 6.86. The van der Waals surface area contributed by atoms with E-state index in [9.17, 15) is 8.78 Å². The molecule has 1 unspecified atom stereocenters. The second kappa shape index (κ2) is 5.34. The fraction of sp³-hybridized carbons (Fsp3) is 0.0667. The lowest BCUT2D eigenvalue weighted by molar-refractivity contribution is 0.0988. The molecule has 0 saturated carbocycles. The van der Waals surface area contributed by atoms with E-state index in [-0.39, 0.29) is 5.69 Å². The Hall–Kier alpha value is -2.13. The minimum absolute atomic E-state index is 0.268. The molecule has 0 radical (unpaired) electrons. The molecule has 0 aliphatic heterocycles. The highest BCUT2D eigenvalue weighted by Gasteiger charge is 2.32. The summed E-state index contributed by atoms with van der Waals surface area (Å²) in [7, 11) is 1.54. The summed E-state index contributed by atoms with van der Waals surface area (Å²) in [5.41, 5.74) is -1.57. The van der Waals surface area contributed by atoms with Crippen LogP contribution in [0.2, 0.25) is 0 Å². The Kier molecular flexibility index (Phi) is 3.52. The molecule has 0 bridgehead atoms. The molecule has 0 N–H and O–H groups in total. The molecule has 0 spiro atoms. The Morgan fingerprint density at radius 1 is 1.00 bits per heavy atom. The maximum Gasteiger partial charge on any atom is 0.302 e. The Morgan fingerprint density at radius 3 is 2.29 bits per heavy atom. The van der Waals surface area contributed by atoms with Gasteiger partial charge in [-0.2, -0.15) is 13.9 Å². The first kappa shape index (κ1) is 13.8. The number of nitrogens with zero attached hydrogens (tertiary/aromatic N) is 3. The molecule has 0 aliphatic carbocycles. The molecule has 3 rings (SSSR count). The standard InChI is InChI=1S/C15H12F2N3P/c16-15(17,21)14-13(11-4-2-1-3-5-11)10-20(19-14)12-6-8-18-9-7-12/h1-10H,21H2. The lowest BCUT2D eigenvalue weighted by atomic mass is 10.1. The summed E-state index contributed by atoms with van der Waals surface area (Å²) in [6, 6.07) is 12.5. The summed E-state index contributed by atoms with van der Waals surface area (Å²) in [4.78, 5) is 3.91. The summed E-state index contributed by atoms with van der Waals surface area (Å²) in [6.45, 7) is 0. The summed E-state index contributed by atoms with van der Waals surface area (Å²) in [6.07, 6.45) is 4.80.